The van der Waals surface area contributed by atoms with Gasteiger partial charge in [-0.15, -0.1) is 0 Å². The Hall–Kier alpha value is -2.64. The second kappa shape index (κ2) is 11.4. The molecule has 0 fully saturated rings. The minimum Gasteiger partial charge on any atom is -0.377 e. The van der Waals surface area contributed by atoms with Crippen LogP contribution in [-0.2, 0) is 16.1 Å². The lowest BCUT2D eigenvalue weighted by Crippen LogP contribution is -2.27. The summed E-state index contributed by atoms with van der Waals surface area (Å²) in [4.78, 5) is 21.2. The van der Waals surface area contributed by atoms with Gasteiger partial charge in [0.1, 0.15) is 5.82 Å². The molecule has 0 radical (unpaired) electrons. The SMILES string of the molecule is CCNc1nc(SCC(=O)NCCCOCc2ccccc2)nc2ccccc12. The Morgan fingerprint density at radius 3 is 2.69 bits per heavy atom. The third-order valence-corrected chi connectivity index (χ3v) is 5.01. The first-order chi connectivity index (χ1) is 14.3. The van der Waals surface area contributed by atoms with Gasteiger partial charge in [-0.05, 0) is 31.0 Å². The maximum atomic E-state index is 12.1. The van der Waals surface area contributed by atoms with Crippen molar-refractivity contribution in [1.29, 1.82) is 0 Å². The molecule has 0 aliphatic rings. The summed E-state index contributed by atoms with van der Waals surface area (Å²) in [6, 6.07) is 17.9. The fraction of sp³-hybridized carbons (Fsp3) is 0.318. The normalized spacial score (nSPS) is 10.8. The number of nitrogens with one attached hydrogen (secondary N) is 2. The van der Waals surface area contributed by atoms with Crippen LogP contribution in [0.5, 0.6) is 0 Å². The molecule has 0 bridgehead atoms. The number of rotatable bonds is 11. The van der Waals surface area contributed by atoms with Gasteiger partial charge in [-0.3, -0.25) is 4.79 Å². The van der Waals surface area contributed by atoms with Gasteiger partial charge in [-0.1, -0.05) is 54.2 Å². The summed E-state index contributed by atoms with van der Waals surface area (Å²) in [6.45, 7) is 4.61. The molecule has 1 amide bonds. The van der Waals surface area contributed by atoms with Crippen LogP contribution in [0.1, 0.15) is 18.9 Å². The van der Waals surface area contributed by atoms with Crippen molar-refractivity contribution in [2.45, 2.75) is 25.1 Å². The van der Waals surface area contributed by atoms with Gasteiger partial charge in [-0.2, -0.15) is 0 Å². The molecule has 0 saturated heterocycles. The molecule has 0 saturated carbocycles. The summed E-state index contributed by atoms with van der Waals surface area (Å²) in [5.41, 5.74) is 2.03. The number of thioether (sulfide) groups is 1. The number of fused-ring (bicyclic) bond motifs is 1. The van der Waals surface area contributed by atoms with Crippen molar-refractivity contribution >= 4 is 34.4 Å². The molecule has 0 spiro atoms. The Labute approximate surface area is 175 Å². The molecule has 2 N–H and O–H groups in total. The number of amides is 1. The summed E-state index contributed by atoms with van der Waals surface area (Å²) < 4.78 is 5.62. The number of nitrogens with zero attached hydrogens (tertiary/aromatic N) is 2. The average molecular weight is 411 g/mol. The van der Waals surface area contributed by atoms with Crippen LogP contribution < -0.4 is 10.6 Å². The molecule has 0 unspecified atom stereocenters. The van der Waals surface area contributed by atoms with Crippen molar-refractivity contribution in [2.75, 3.05) is 30.8 Å². The molecule has 1 heterocycles. The van der Waals surface area contributed by atoms with E-state index < -0.39 is 0 Å². The predicted molar refractivity (Wildman–Crippen MR) is 118 cm³/mol. The number of para-hydroxylation sites is 1. The lowest BCUT2D eigenvalue weighted by Gasteiger charge is -2.09. The first-order valence-corrected chi connectivity index (χ1v) is 10.8. The van der Waals surface area contributed by atoms with Crippen LogP contribution in [0.25, 0.3) is 10.9 Å². The van der Waals surface area contributed by atoms with Crippen LogP contribution in [0.4, 0.5) is 5.82 Å². The lowest BCUT2D eigenvalue weighted by atomic mass is 10.2. The van der Waals surface area contributed by atoms with E-state index in [4.69, 9.17) is 4.74 Å². The van der Waals surface area contributed by atoms with E-state index in [9.17, 15) is 4.79 Å². The molecule has 7 heteroatoms. The van der Waals surface area contributed by atoms with E-state index in [0.717, 1.165) is 35.2 Å². The predicted octanol–water partition coefficient (Wildman–Crippen LogP) is 3.88. The van der Waals surface area contributed by atoms with E-state index in [1.807, 2.05) is 61.5 Å². The minimum atomic E-state index is -0.0279. The summed E-state index contributed by atoms with van der Waals surface area (Å²) in [7, 11) is 0. The van der Waals surface area contributed by atoms with Gasteiger partial charge in [0.15, 0.2) is 5.16 Å². The Morgan fingerprint density at radius 2 is 1.86 bits per heavy atom. The zero-order chi connectivity index (χ0) is 20.3. The molecular weight excluding hydrogens is 384 g/mol. The lowest BCUT2D eigenvalue weighted by molar-refractivity contribution is -0.118. The third kappa shape index (κ3) is 6.73. The van der Waals surface area contributed by atoms with Gasteiger partial charge in [-0.25, -0.2) is 9.97 Å². The Bertz CT molecular complexity index is 921. The summed E-state index contributed by atoms with van der Waals surface area (Å²) in [5, 5.41) is 7.77. The van der Waals surface area contributed by atoms with Crippen molar-refractivity contribution in [3.8, 4) is 0 Å². The maximum Gasteiger partial charge on any atom is 0.230 e. The molecule has 0 aliphatic carbocycles. The highest BCUT2D eigenvalue weighted by atomic mass is 32.2. The zero-order valence-electron chi connectivity index (χ0n) is 16.6. The van der Waals surface area contributed by atoms with Gasteiger partial charge in [0, 0.05) is 25.1 Å². The first-order valence-electron chi connectivity index (χ1n) is 9.78. The van der Waals surface area contributed by atoms with E-state index in [1.54, 1.807) is 0 Å². The number of aromatic nitrogens is 2. The van der Waals surface area contributed by atoms with E-state index in [0.29, 0.717) is 24.9 Å². The van der Waals surface area contributed by atoms with Crippen LogP contribution >= 0.6 is 11.8 Å². The molecule has 6 nitrogen and oxygen atoms in total. The number of benzene rings is 2. The van der Waals surface area contributed by atoms with Crippen LogP contribution in [0.15, 0.2) is 59.8 Å². The highest BCUT2D eigenvalue weighted by Gasteiger charge is 2.09. The number of carbonyl (C=O) groups is 1. The number of carbonyl (C=O) groups excluding carboxylic acids is 1. The summed E-state index contributed by atoms with van der Waals surface area (Å²) >= 11 is 1.34. The molecule has 1 aromatic heterocycles. The first kappa shape index (κ1) is 21.1. The van der Waals surface area contributed by atoms with Gasteiger partial charge in [0.2, 0.25) is 5.91 Å². The van der Waals surface area contributed by atoms with Gasteiger partial charge < -0.3 is 15.4 Å². The molecule has 29 heavy (non-hydrogen) atoms. The largest absolute Gasteiger partial charge is 0.377 e. The molecular formula is C22H26N4O2S. The monoisotopic (exact) mass is 410 g/mol. The standard InChI is InChI=1S/C22H26N4O2S/c1-2-23-21-18-11-6-7-12-19(18)25-22(26-21)29-16-20(27)24-13-8-14-28-15-17-9-4-3-5-10-17/h3-7,9-12H,2,8,13-16H2,1H3,(H,24,27)(H,23,25,26). The zero-order valence-corrected chi connectivity index (χ0v) is 17.4. The molecule has 0 aliphatic heterocycles. The summed E-state index contributed by atoms with van der Waals surface area (Å²) in [6.07, 6.45) is 0.778. The van der Waals surface area contributed by atoms with Gasteiger partial charge >= 0.3 is 0 Å². The van der Waals surface area contributed by atoms with E-state index in [-0.39, 0.29) is 11.7 Å². The van der Waals surface area contributed by atoms with Crippen molar-refractivity contribution in [3.63, 3.8) is 0 Å². The second-order valence-corrected chi connectivity index (χ2v) is 7.38. The average Bonchev–Trinajstić information content (AvgIpc) is 2.75. The van der Waals surface area contributed by atoms with Crippen LogP contribution in [-0.4, -0.2) is 41.3 Å². The van der Waals surface area contributed by atoms with Crippen LogP contribution in [0, 0.1) is 0 Å². The summed E-state index contributed by atoms with van der Waals surface area (Å²) in [5.74, 6) is 1.06. The topological polar surface area (TPSA) is 76.1 Å². The van der Waals surface area contributed by atoms with Gasteiger partial charge in [0.25, 0.3) is 0 Å². The quantitative estimate of drug-likeness (QED) is 0.284. The third-order valence-electron chi connectivity index (χ3n) is 4.16. The van der Waals surface area contributed by atoms with Gasteiger partial charge in [0.05, 0.1) is 17.9 Å². The fourth-order valence-corrected chi connectivity index (χ4v) is 3.45. The Kier molecular flexibility index (Phi) is 8.27. The number of anilines is 1. The minimum absolute atomic E-state index is 0.0279. The second-order valence-electron chi connectivity index (χ2n) is 6.43. The molecule has 2 aromatic carbocycles. The molecule has 152 valence electrons. The highest BCUT2D eigenvalue weighted by molar-refractivity contribution is 7.99. The number of hydrogen-bond acceptors (Lipinski definition) is 6. The Morgan fingerprint density at radius 1 is 1.07 bits per heavy atom. The maximum absolute atomic E-state index is 12.1. The highest BCUT2D eigenvalue weighted by Crippen LogP contribution is 2.24. The van der Waals surface area contributed by atoms with Crippen molar-refractivity contribution < 1.29 is 9.53 Å². The number of hydrogen-bond donors (Lipinski definition) is 2. The molecule has 3 aromatic rings. The van der Waals surface area contributed by atoms with Crippen molar-refractivity contribution in [1.82, 2.24) is 15.3 Å². The Balaban J connectivity index is 1.39. The van der Waals surface area contributed by atoms with Crippen molar-refractivity contribution in [3.05, 3.63) is 60.2 Å². The smallest absolute Gasteiger partial charge is 0.230 e. The van der Waals surface area contributed by atoms with Crippen molar-refractivity contribution in [2.24, 2.45) is 0 Å². The number of ether oxygens (including phenoxy) is 1. The van der Waals surface area contributed by atoms with Crippen LogP contribution in [0.3, 0.4) is 0 Å². The van der Waals surface area contributed by atoms with Crippen LogP contribution in [0.2, 0.25) is 0 Å². The molecule has 3 rings (SSSR count). The van der Waals surface area contributed by atoms with E-state index >= 15 is 0 Å². The van der Waals surface area contributed by atoms with E-state index in [2.05, 4.69) is 20.6 Å². The van der Waals surface area contributed by atoms with E-state index in [1.165, 1.54) is 11.8 Å². The fourth-order valence-electron chi connectivity index (χ4n) is 2.77. The molecule has 0 atom stereocenters.